The molecule has 0 aliphatic carbocycles. The van der Waals surface area contributed by atoms with Crippen LogP contribution in [0.4, 0.5) is 0 Å². The molecule has 3 amide bonds. The van der Waals surface area contributed by atoms with Crippen molar-refractivity contribution in [3.8, 4) is 0 Å². The van der Waals surface area contributed by atoms with Crippen LogP contribution < -0.4 is 21.7 Å². The molecule has 13 nitrogen and oxygen atoms in total. The standard InChI is InChI=1S/C16H26N4O9S/c1-6(2)12(16(28)29)20-15(27)9(5-30)19-14(26)8(4-11(23)24)18-13(25)7(17)3-10(21)22/h6-9,12,30H,3-5,17H2,1-2H3,(H,18,25)(H,19,26)(H,20,27)(H,21,22)(H,23,24)(H,28,29). The monoisotopic (exact) mass is 450 g/mol. The van der Waals surface area contributed by atoms with Crippen LogP contribution >= 0.6 is 12.6 Å². The van der Waals surface area contributed by atoms with Gasteiger partial charge in [0.25, 0.3) is 0 Å². The first kappa shape index (κ1) is 27.1. The van der Waals surface area contributed by atoms with Gasteiger partial charge < -0.3 is 37.0 Å². The summed E-state index contributed by atoms with van der Waals surface area (Å²) in [7, 11) is 0. The lowest BCUT2D eigenvalue weighted by molar-refractivity contribution is -0.144. The summed E-state index contributed by atoms with van der Waals surface area (Å²) in [4.78, 5) is 69.5. The van der Waals surface area contributed by atoms with Crippen LogP contribution in [-0.4, -0.2) is 80.9 Å². The zero-order chi connectivity index (χ0) is 23.6. The number of thiol groups is 1. The molecule has 0 aromatic carbocycles. The Kier molecular flexibility index (Phi) is 11.4. The van der Waals surface area contributed by atoms with Crippen LogP contribution in [0.15, 0.2) is 0 Å². The van der Waals surface area contributed by atoms with Crippen LogP contribution in [0.2, 0.25) is 0 Å². The van der Waals surface area contributed by atoms with Crippen molar-refractivity contribution >= 4 is 48.3 Å². The predicted molar refractivity (Wildman–Crippen MR) is 105 cm³/mol. The van der Waals surface area contributed by atoms with Gasteiger partial charge in [0.2, 0.25) is 17.7 Å². The van der Waals surface area contributed by atoms with Gasteiger partial charge in [0.05, 0.1) is 18.9 Å². The van der Waals surface area contributed by atoms with Gasteiger partial charge in [-0.05, 0) is 5.92 Å². The Balaban J connectivity index is 5.27. The fourth-order valence-electron chi connectivity index (χ4n) is 2.18. The zero-order valence-electron chi connectivity index (χ0n) is 16.3. The Morgan fingerprint density at radius 2 is 1.27 bits per heavy atom. The van der Waals surface area contributed by atoms with Crippen LogP contribution in [0.25, 0.3) is 0 Å². The smallest absolute Gasteiger partial charge is 0.326 e. The molecule has 0 bridgehead atoms. The first-order chi connectivity index (χ1) is 13.8. The molecule has 0 aliphatic heterocycles. The summed E-state index contributed by atoms with van der Waals surface area (Å²) in [5, 5.41) is 33.2. The van der Waals surface area contributed by atoms with Gasteiger partial charge in [-0.2, -0.15) is 12.6 Å². The van der Waals surface area contributed by atoms with Crippen LogP contribution in [0.5, 0.6) is 0 Å². The number of amides is 3. The molecule has 170 valence electrons. The maximum absolute atomic E-state index is 12.4. The fraction of sp³-hybridized carbons (Fsp3) is 0.625. The van der Waals surface area contributed by atoms with Crippen molar-refractivity contribution in [1.29, 1.82) is 0 Å². The fourth-order valence-corrected chi connectivity index (χ4v) is 2.43. The second-order valence-corrected chi connectivity index (χ2v) is 7.04. The molecule has 0 aromatic rings. The van der Waals surface area contributed by atoms with E-state index in [2.05, 4.69) is 23.3 Å². The Labute approximate surface area is 177 Å². The minimum absolute atomic E-state index is 0.256. The molecular weight excluding hydrogens is 424 g/mol. The molecule has 0 fully saturated rings. The number of aliphatic carboxylic acids is 3. The van der Waals surface area contributed by atoms with Gasteiger partial charge in [-0.1, -0.05) is 13.8 Å². The molecule has 0 aliphatic rings. The first-order valence-corrected chi connectivity index (χ1v) is 9.37. The molecule has 0 saturated carbocycles. The lowest BCUT2D eigenvalue weighted by Crippen LogP contribution is -2.58. The highest BCUT2D eigenvalue weighted by atomic mass is 32.1. The highest BCUT2D eigenvalue weighted by Gasteiger charge is 2.31. The van der Waals surface area contributed by atoms with E-state index in [4.69, 9.17) is 21.1 Å². The maximum Gasteiger partial charge on any atom is 0.326 e. The second kappa shape index (κ2) is 12.6. The molecule has 0 radical (unpaired) electrons. The number of hydrogen-bond donors (Lipinski definition) is 8. The van der Waals surface area contributed by atoms with Crippen LogP contribution in [0, 0.1) is 5.92 Å². The third-order valence-corrected chi connectivity index (χ3v) is 4.15. The SMILES string of the molecule is CC(C)C(NC(=O)C(CS)NC(=O)C(CC(=O)O)NC(=O)C(N)CC(=O)O)C(=O)O. The van der Waals surface area contributed by atoms with E-state index in [9.17, 15) is 28.8 Å². The number of carboxylic acid groups (broad SMARTS) is 3. The lowest BCUT2D eigenvalue weighted by Gasteiger charge is -2.24. The maximum atomic E-state index is 12.4. The number of nitrogens with two attached hydrogens (primary N) is 1. The highest BCUT2D eigenvalue weighted by molar-refractivity contribution is 7.80. The molecule has 14 heteroatoms. The van der Waals surface area contributed by atoms with Gasteiger partial charge in [0.15, 0.2) is 0 Å². The van der Waals surface area contributed by atoms with Gasteiger partial charge in [-0.15, -0.1) is 0 Å². The molecule has 0 rings (SSSR count). The third-order valence-electron chi connectivity index (χ3n) is 3.79. The lowest BCUT2D eigenvalue weighted by atomic mass is 10.0. The van der Waals surface area contributed by atoms with E-state index >= 15 is 0 Å². The van der Waals surface area contributed by atoms with E-state index in [1.807, 2.05) is 5.32 Å². The van der Waals surface area contributed by atoms with E-state index in [-0.39, 0.29) is 5.75 Å². The Morgan fingerprint density at radius 1 is 0.800 bits per heavy atom. The number of carboxylic acids is 3. The summed E-state index contributed by atoms with van der Waals surface area (Å²) in [5.74, 6) is -7.85. The molecule has 4 unspecified atom stereocenters. The van der Waals surface area contributed by atoms with Crippen molar-refractivity contribution in [1.82, 2.24) is 16.0 Å². The zero-order valence-corrected chi connectivity index (χ0v) is 17.2. The van der Waals surface area contributed by atoms with Crippen LogP contribution in [0.3, 0.4) is 0 Å². The van der Waals surface area contributed by atoms with Crippen molar-refractivity contribution < 1.29 is 44.1 Å². The molecule has 8 N–H and O–H groups in total. The van der Waals surface area contributed by atoms with E-state index in [0.717, 1.165) is 0 Å². The van der Waals surface area contributed by atoms with Gasteiger partial charge in [-0.25, -0.2) is 4.79 Å². The molecule has 0 heterocycles. The molecule has 0 aromatic heterocycles. The largest absolute Gasteiger partial charge is 0.481 e. The number of rotatable bonds is 13. The summed E-state index contributed by atoms with van der Waals surface area (Å²) in [6.45, 7) is 3.12. The quantitative estimate of drug-likeness (QED) is 0.136. The van der Waals surface area contributed by atoms with Crippen molar-refractivity contribution in [2.24, 2.45) is 11.7 Å². The second-order valence-electron chi connectivity index (χ2n) is 6.68. The van der Waals surface area contributed by atoms with E-state index in [0.29, 0.717) is 0 Å². The molecule has 4 atom stereocenters. The highest BCUT2D eigenvalue weighted by Crippen LogP contribution is 2.04. The number of nitrogens with one attached hydrogen (secondary N) is 3. The van der Waals surface area contributed by atoms with Crippen molar-refractivity contribution in [3.63, 3.8) is 0 Å². The van der Waals surface area contributed by atoms with Gasteiger partial charge >= 0.3 is 17.9 Å². The summed E-state index contributed by atoms with van der Waals surface area (Å²) >= 11 is 3.92. The minimum Gasteiger partial charge on any atom is -0.481 e. The Morgan fingerprint density at radius 3 is 1.67 bits per heavy atom. The molecule has 0 saturated heterocycles. The third kappa shape index (κ3) is 9.56. The van der Waals surface area contributed by atoms with Crippen molar-refractivity contribution in [3.05, 3.63) is 0 Å². The average molecular weight is 450 g/mol. The average Bonchev–Trinajstić information content (AvgIpc) is 2.61. The molecule has 0 spiro atoms. The van der Waals surface area contributed by atoms with Crippen LogP contribution in [-0.2, 0) is 28.8 Å². The van der Waals surface area contributed by atoms with E-state index < -0.39 is 78.6 Å². The Hall–Kier alpha value is -2.87. The predicted octanol–water partition coefficient (Wildman–Crippen LogP) is -2.61. The molecule has 30 heavy (non-hydrogen) atoms. The number of hydrogen-bond acceptors (Lipinski definition) is 8. The van der Waals surface area contributed by atoms with Gasteiger partial charge in [0, 0.05) is 5.75 Å². The summed E-state index contributed by atoms with van der Waals surface area (Å²) in [6.07, 6.45) is -1.62. The summed E-state index contributed by atoms with van der Waals surface area (Å²) < 4.78 is 0. The van der Waals surface area contributed by atoms with Gasteiger partial charge in [-0.3, -0.25) is 24.0 Å². The van der Waals surface area contributed by atoms with E-state index in [1.165, 1.54) is 0 Å². The topological polar surface area (TPSA) is 225 Å². The summed E-state index contributed by atoms with van der Waals surface area (Å²) in [6, 6.07) is -5.76. The van der Waals surface area contributed by atoms with Crippen molar-refractivity contribution in [2.45, 2.75) is 50.9 Å². The number of carbonyl (C=O) groups is 6. The van der Waals surface area contributed by atoms with Gasteiger partial charge in [0.1, 0.15) is 18.1 Å². The van der Waals surface area contributed by atoms with E-state index in [1.54, 1.807) is 13.8 Å². The Bertz CT molecular complexity index is 686. The number of carbonyl (C=O) groups excluding carboxylic acids is 3. The minimum atomic E-state index is -1.66. The van der Waals surface area contributed by atoms with Crippen LogP contribution in [0.1, 0.15) is 26.7 Å². The normalized spacial score (nSPS) is 14.7. The van der Waals surface area contributed by atoms with Crippen molar-refractivity contribution in [2.75, 3.05) is 5.75 Å². The molecular formula is C16H26N4O9S. The summed E-state index contributed by atoms with van der Waals surface area (Å²) in [5.41, 5.74) is 5.38. The first-order valence-electron chi connectivity index (χ1n) is 8.74.